The van der Waals surface area contributed by atoms with Gasteiger partial charge in [-0.2, -0.15) is 0 Å². The molecule has 9 heteroatoms. The highest BCUT2D eigenvalue weighted by Crippen LogP contribution is 2.40. The van der Waals surface area contributed by atoms with E-state index in [1.54, 1.807) is 18.4 Å². The Labute approximate surface area is 179 Å². The van der Waals surface area contributed by atoms with Crippen LogP contribution in [0.25, 0.3) is 16.2 Å². The van der Waals surface area contributed by atoms with E-state index in [1.165, 1.54) is 0 Å². The first-order valence-corrected chi connectivity index (χ1v) is 11.3. The number of fused-ring (bicyclic) bond motifs is 2. The summed E-state index contributed by atoms with van der Waals surface area (Å²) >= 11 is 1.58. The second kappa shape index (κ2) is 7.47. The van der Waals surface area contributed by atoms with Crippen LogP contribution in [0.4, 0.5) is 5.13 Å². The van der Waals surface area contributed by atoms with Crippen LogP contribution in [0.3, 0.4) is 0 Å². The molecule has 8 nitrogen and oxygen atoms in total. The van der Waals surface area contributed by atoms with Crippen LogP contribution in [-0.4, -0.2) is 57.0 Å². The number of hydrogen-bond donors (Lipinski definition) is 2. The van der Waals surface area contributed by atoms with Crippen LogP contribution >= 0.6 is 11.3 Å². The first kappa shape index (κ1) is 19.7. The van der Waals surface area contributed by atoms with Gasteiger partial charge in [-0.15, -0.1) is 5.10 Å². The molecule has 1 aliphatic carbocycles. The van der Waals surface area contributed by atoms with Gasteiger partial charge in [0.1, 0.15) is 0 Å². The van der Waals surface area contributed by atoms with E-state index in [2.05, 4.69) is 28.7 Å². The van der Waals surface area contributed by atoms with Crippen LogP contribution in [0.5, 0.6) is 5.88 Å². The van der Waals surface area contributed by atoms with Gasteiger partial charge in [0.15, 0.2) is 0 Å². The van der Waals surface area contributed by atoms with Crippen LogP contribution in [-0.2, 0) is 0 Å². The van der Waals surface area contributed by atoms with Crippen LogP contribution in [0.2, 0.25) is 0 Å². The molecule has 2 fully saturated rings. The standard InChI is InChI=1S/C21H28N6O2S/c1-11(2)17-5-4-14(19(24-17)29-3)18-8-23-20-27(18)25-21(30-20)26-9-12-6-13(28)7-16(22)15(12)10-26/h4-5,8,11-13,15-16,28H,6-7,9-10,22H2,1-3H3/t12?,13?,15-,16?/m0/s1. The number of aromatic nitrogens is 4. The van der Waals surface area contributed by atoms with Gasteiger partial charge >= 0.3 is 0 Å². The molecule has 0 bridgehead atoms. The highest BCUT2D eigenvalue weighted by atomic mass is 32.1. The van der Waals surface area contributed by atoms with Gasteiger partial charge in [0.2, 0.25) is 16.0 Å². The molecule has 5 rings (SSSR count). The van der Waals surface area contributed by atoms with Gasteiger partial charge in [-0.3, -0.25) is 0 Å². The summed E-state index contributed by atoms with van der Waals surface area (Å²) < 4.78 is 7.46. The average molecular weight is 429 g/mol. The minimum atomic E-state index is -0.282. The first-order chi connectivity index (χ1) is 14.4. The summed E-state index contributed by atoms with van der Waals surface area (Å²) in [4.78, 5) is 12.4. The quantitative estimate of drug-likeness (QED) is 0.658. The fourth-order valence-electron chi connectivity index (χ4n) is 4.84. The lowest BCUT2D eigenvalue weighted by Gasteiger charge is -2.33. The molecule has 30 heavy (non-hydrogen) atoms. The van der Waals surface area contributed by atoms with Gasteiger partial charge in [0.25, 0.3) is 0 Å². The Kier molecular flexibility index (Phi) is 4.91. The van der Waals surface area contributed by atoms with Crippen molar-refractivity contribution >= 4 is 21.4 Å². The zero-order valence-corrected chi connectivity index (χ0v) is 18.3. The van der Waals surface area contributed by atoms with E-state index in [9.17, 15) is 5.11 Å². The largest absolute Gasteiger partial charge is 0.480 e. The lowest BCUT2D eigenvalue weighted by atomic mass is 9.77. The second-order valence-electron chi connectivity index (χ2n) is 8.79. The summed E-state index contributed by atoms with van der Waals surface area (Å²) in [6, 6.07) is 4.12. The molecule has 3 unspecified atom stereocenters. The lowest BCUT2D eigenvalue weighted by molar-refractivity contribution is 0.0736. The number of nitrogens with two attached hydrogens (primary N) is 1. The van der Waals surface area contributed by atoms with Gasteiger partial charge < -0.3 is 20.5 Å². The van der Waals surface area contributed by atoms with E-state index in [4.69, 9.17) is 15.6 Å². The molecule has 0 amide bonds. The number of pyridine rings is 1. The normalized spacial score (nSPS) is 26.5. The van der Waals surface area contributed by atoms with Crippen molar-refractivity contribution in [2.24, 2.45) is 17.6 Å². The molecule has 3 aromatic heterocycles. The topological polar surface area (TPSA) is 102 Å². The zero-order valence-electron chi connectivity index (χ0n) is 17.5. The predicted octanol–water partition coefficient (Wildman–Crippen LogP) is 2.52. The van der Waals surface area contributed by atoms with Crippen molar-refractivity contribution in [3.63, 3.8) is 0 Å². The van der Waals surface area contributed by atoms with Crippen LogP contribution in [0.1, 0.15) is 38.3 Å². The van der Waals surface area contributed by atoms with Crippen molar-refractivity contribution in [2.75, 3.05) is 25.1 Å². The number of imidazole rings is 1. The van der Waals surface area contributed by atoms with Crippen LogP contribution in [0.15, 0.2) is 18.3 Å². The van der Waals surface area contributed by atoms with Crippen LogP contribution < -0.4 is 15.4 Å². The average Bonchev–Trinajstić information content (AvgIpc) is 3.40. The monoisotopic (exact) mass is 428 g/mol. The highest BCUT2D eigenvalue weighted by Gasteiger charge is 2.42. The number of methoxy groups -OCH3 is 1. The maximum Gasteiger partial charge on any atom is 0.222 e. The molecule has 1 saturated carbocycles. The summed E-state index contributed by atoms with van der Waals surface area (Å²) in [5, 5.41) is 15.9. The van der Waals surface area contributed by atoms with Crippen molar-refractivity contribution < 1.29 is 9.84 Å². The Morgan fingerprint density at radius 3 is 2.87 bits per heavy atom. The Bertz CT molecular complexity index is 1060. The molecule has 0 radical (unpaired) electrons. The third-order valence-corrected chi connectivity index (χ3v) is 7.43. The number of hydrogen-bond acceptors (Lipinski definition) is 8. The molecule has 160 valence electrons. The smallest absolute Gasteiger partial charge is 0.222 e. The predicted molar refractivity (Wildman–Crippen MR) is 117 cm³/mol. The zero-order chi connectivity index (χ0) is 21.0. The number of rotatable bonds is 4. The minimum absolute atomic E-state index is 0.0539. The van der Waals surface area contributed by atoms with Gasteiger partial charge in [0, 0.05) is 24.8 Å². The van der Waals surface area contributed by atoms with E-state index in [0.717, 1.165) is 46.6 Å². The minimum Gasteiger partial charge on any atom is -0.480 e. The summed E-state index contributed by atoms with van der Waals surface area (Å²) in [5.74, 6) is 1.75. The SMILES string of the molecule is COc1nc(C(C)C)ccc1-c1cnc2sc(N3CC4CC(O)CC(N)[C@H]4C3)nn12. The number of anilines is 1. The first-order valence-electron chi connectivity index (χ1n) is 10.5. The van der Waals surface area contributed by atoms with E-state index < -0.39 is 0 Å². The van der Waals surface area contributed by atoms with Crippen LogP contribution in [0, 0.1) is 11.8 Å². The molecule has 2 aliphatic rings. The molecule has 0 spiro atoms. The maximum atomic E-state index is 10.1. The van der Waals surface area contributed by atoms with E-state index in [1.807, 2.05) is 22.8 Å². The highest BCUT2D eigenvalue weighted by molar-refractivity contribution is 7.20. The lowest BCUT2D eigenvalue weighted by Crippen LogP contribution is -2.43. The Morgan fingerprint density at radius 1 is 1.27 bits per heavy atom. The van der Waals surface area contributed by atoms with E-state index >= 15 is 0 Å². The molecule has 3 N–H and O–H groups in total. The summed E-state index contributed by atoms with van der Waals surface area (Å²) in [6.45, 7) is 6.00. The van der Waals surface area contributed by atoms with Crippen molar-refractivity contribution in [3.05, 3.63) is 24.0 Å². The van der Waals surface area contributed by atoms with E-state index in [0.29, 0.717) is 30.1 Å². The van der Waals surface area contributed by atoms with Crippen molar-refractivity contribution in [3.8, 4) is 17.1 Å². The molecule has 0 aromatic carbocycles. The summed E-state index contributed by atoms with van der Waals surface area (Å²) in [5.41, 5.74) is 9.08. The Hall–Kier alpha value is -2.23. The molecule has 1 saturated heterocycles. The summed E-state index contributed by atoms with van der Waals surface area (Å²) in [6.07, 6.45) is 3.07. The third-order valence-electron chi connectivity index (χ3n) is 6.45. The fraction of sp³-hybridized carbons (Fsp3) is 0.571. The molecule has 3 aromatic rings. The maximum absolute atomic E-state index is 10.1. The van der Waals surface area contributed by atoms with Gasteiger partial charge in [-0.1, -0.05) is 25.2 Å². The van der Waals surface area contributed by atoms with Gasteiger partial charge in [0.05, 0.1) is 30.7 Å². The van der Waals surface area contributed by atoms with Crippen molar-refractivity contribution in [1.29, 1.82) is 0 Å². The molecule has 4 atom stereocenters. The number of nitrogens with zero attached hydrogens (tertiary/aromatic N) is 5. The van der Waals surface area contributed by atoms with E-state index in [-0.39, 0.29) is 12.1 Å². The third kappa shape index (κ3) is 3.25. The summed E-state index contributed by atoms with van der Waals surface area (Å²) in [7, 11) is 1.64. The van der Waals surface area contributed by atoms with Gasteiger partial charge in [-0.25, -0.2) is 14.5 Å². The molecular formula is C21H28N6O2S. The second-order valence-corrected chi connectivity index (χ2v) is 9.72. The number of aliphatic hydroxyl groups is 1. The Morgan fingerprint density at radius 2 is 2.10 bits per heavy atom. The van der Waals surface area contributed by atoms with Crippen molar-refractivity contribution in [1.82, 2.24) is 19.6 Å². The number of aliphatic hydroxyl groups excluding tert-OH is 1. The molecular weight excluding hydrogens is 400 g/mol. The number of ether oxygens (including phenoxy) is 1. The van der Waals surface area contributed by atoms with Gasteiger partial charge in [-0.05, 0) is 42.7 Å². The fourth-order valence-corrected chi connectivity index (χ4v) is 5.74. The Balaban J connectivity index is 1.47. The molecule has 1 aliphatic heterocycles. The van der Waals surface area contributed by atoms with Crippen molar-refractivity contribution in [2.45, 2.75) is 44.8 Å². The molecule has 4 heterocycles.